The first kappa shape index (κ1) is 12.5. The second-order valence-electron chi connectivity index (χ2n) is 4.08. The molecule has 2 rings (SSSR count). The molecule has 0 spiro atoms. The number of anilines is 1. The monoisotopic (exact) mass is 242 g/mol. The van der Waals surface area contributed by atoms with Crippen molar-refractivity contribution in [2.75, 3.05) is 11.9 Å². The Morgan fingerprint density at radius 2 is 1.89 bits per heavy atom. The molecule has 0 saturated carbocycles. The van der Waals surface area contributed by atoms with E-state index in [0.717, 1.165) is 36.7 Å². The van der Waals surface area contributed by atoms with Crippen LogP contribution in [0.5, 0.6) is 0 Å². The van der Waals surface area contributed by atoms with Gasteiger partial charge in [-0.3, -0.25) is 4.98 Å². The van der Waals surface area contributed by atoms with E-state index in [9.17, 15) is 0 Å². The predicted molar refractivity (Wildman–Crippen MR) is 72.6 cm³/mol. The number of aromatic nitrogens is 3. The van der Waals surface area contributed by atoms with Crippen LogP contribution in [0.15, 0.2) is 30.6 Å². The Balaban J connectivity index is 2.24. The number of hydrogen-bond donors (Lipinski definition) is 1. The minimum atomic E-state index is 0.745. The van der Waals surface area contributed by atoms with Gasteiger partial charge in [0.05, 0.1) is 0 Å². The van der Waals surface area contributed by atoms with Crippen LogP contribution in [0.1, 0.15) is 30.9 Å². The third-order valence-electron chi connectivity index (χ3n) is 2.66. The number of hydrogen-bond acceptors (Lipinski definition) is 4. The molecule has 0 aliphatic heterocycles. The van der Waals surface area contributed by atoms with Crippen LogP contribution in [0.3, 0.4) is 0 Å². The first-order chi connectivity index (χ1) is 8.81. The lowest BCUT2D eigenvalue weighted by Crippen LogP contribution is -2.06. The molecule has 1 N–H and O–H groups in total. The zero-order chi connectivity index (χ0) is 12.8. The van der Waals surface area contributed by atoms with Crippen LogP contribution < -0.4 is 5.32 Å². The van der Waals surface area contributed by atoms with Crippen LogP contribution in [-0.4, -0.2) is 21.5 Å². The summed E-state index contributed by atoms with van der Waals surface area (Å²) in [7, 11) is 0. The maximum absolute atomic E-state index is 4.56. The van der Waals surface area contributed by atoms with E-state index in [4.69, 9.17) is 0 Å². The fourth-order valence-electron chi connectivity index (χ4n) is 1.77. The van der Waals surface area contributed by atoms with Crippen molar-refractivity contribution < 1.29 is 0 Å². The van der Waals surface area contributed by atoms with Gasteiger partial charge in [0, 0.05) is 37.1 Å². The average Bonchev–Trinajstić information content (AvgIpc) is 2.40. The topological polar surface area (TPSA) is 50.7 Å². The van der Waals surface area contributed by atoms with E-state index in [0.29, 0.717) is 0 Å². The minimum absolute atomic E-state index is 0.745. The van der Waals surface area contributed by atoms with Crippen LogP contribution in [0.4, 0.5) is 5.82 Å². The maximum Gasteiger partial charge on any atom is 0.135 e. The van der Waals surface area contributed by atoms with Crippen molar-refractivity contribution in [1.29, 1.82) is 0 Å². The summed E-state index contributed by atoms with van der Waals surface area (Å²) in [5, 5.41) is 3.24. The van der Waals surface area contributed by atoms with Crippen LogP contribution in [-0.2, 0) is 12.8 Å². The highest BCUT2D eigenvalue weighted by molar-refractivity contribution is 5.36. The maximum atomic E-state index is 4.56. The molecule has 94 valence electrons. The van der Waals surface area contributed by atoms with Crippen LogP contribution in [0, 0.1) is 0 Å². The lowest BCUT2D eigenvalue weighted by molar-refractivity contribution is 0.902. The Labute approximate surface area is 108 Å². The van der Waals surface area contributed by atoms with E-state index >= 15 is 0 Å². The summed E-state index contributed by atoms with van der Waals surface area (Å²) in [6.45, 7) is 5.04. The smallest absolute Gasteiger partial charge is 0.135 e. The van der Waals surface area contributed by atoms with E-state index in [2.05, 4.69) is 34.1 Å². The molecule has 0 amide bonds. The third kappa shape index (κ3) is 3.26. The van der Waals surface area contributed by atoms with Crippen molar-refractivity contribution in [2.45, 2.75) is 26.7 Å². The van der Waals surface area contributed by atoms with Crippen molar-refractivity contribution in [2.24, 2.45) is 0 Å². The van der Waals surface area contributed by atoms with Gasteiger partial charge < -0.3 is 5.32 Å². The highest BCUT2D eigenvalue weighted by Crippen LogP contribution is 2.11. The molecule has 0 saturated heterocycles. The van der Waals surface area contributed by atoms with E-state index in [1.54, 1.807) is 12.4 Å². The SMILES string of the molecule is CCNc1cc(CC)nc(Cc2ccncc2)n1. The summed E-state index contributed by atoms with van der Waals surface area (Å²) in [5.41, 5.74) is 2.26. The molecule has 0 radical (unpaired) electrons. The summed E-state index contributed by atoms with van der Waals surface area (Å²) < 4.78 is 0. The molecular formula is C14H18N4. The standard InChI is InChI=1S/C14H18N4/c1-3-12-10-13(16-4-2)18-14(17-12)9-11-5-7-15-8-6-11/h5-8,10H,3-4,9H2,1-2H3,(H,16,17,18). The van der Waals surface area contributed by atoms with Gasteiger partial charge in [0.2, 0.25) is 0 Å². The van der Waals surface area contributed by atoms with E-state index < -0.39 is 0 Å². The molecular weight excluding hydrogens is 224 g/mol. The molecule has 0 bridgehead atoms. The van der Waals surface area contributed by atoms with Gasteiger partial charge in [-0.1, -0.05) is 6.92 Å². The van der Waals surface area contributed by atoms with Gasteiger partial charge in [-0.25, -0.2) is 9.97 Å². The fraction of sp³-hybridized carbons (Fsp3) is 0.357. The summed E-state index contributed by atoms with van der Waals surface area (Å²) in [6.07, 6.45) is 5.26. The van der Waals surface area contributed by atoms with Crippen molar-refractivity contribution in [3.05, 3.63) is 47.7 Å². The van der Waals surface area contributed by atoms with Gasteiger partial charge in [0.15, 0.2) is 0 Å². The molecule has 4 nitrogen and oxygen atoms in total. The second-order valence-corrected chi connectivity index (χ2v) is 4.08. The van der Waals surface area contributed by atoms with Gasteiger partial charge in [-0.05, 0) is 31.0 Å². The molecule has 2 aromatic heterocycles. The molecule has 4 heteroatoms. The molecule has 18 heavy (non-hydrogen) atoms. The number of rotatable bonds is 5. The molecule has 2 aromatic rings. The number of nitrogens with zero attached hydrogens (tertiary/aromatic N) is 3. The summed E-state index contributed by atoms with van der Waals surface area (Å²) >= 11 is 0. The van der Waals surface area contributed by atoms with Crippen molar-refractivity contribution in [3.8, 4) is 0 Å². The van der Waals surface area contributed by atoms with E-state index in [-0.39, 0.29) is 0 Å². The Hall–Kier alpha value is -1.97. The highest BCUT2D eigenvalue weighted by atomic mass is 15.0. The van der Waals surface area contributed by atoms with Crippen LogP contribution in [0.25, 0.3) is 0 Å². The highest BCUT2D eigenvalue weighted by Gasteiger charge is 2.04. The van der Waals surface area contributed by atoms with Crippen molar-refractivity contribution >= 4 is 5.82 Å². The zero-order valence-electron chi connectivity index (χ0n) is 10.8. The Bertz CT molecular complexity index is 496. The molecule has 0 atom stereocenters. The van der Waals surface area contributed by atoms with Crippen LogP contribution in [0.2, 0.25) is 0 Å². The predicted octanol–water partition coefficient (Wildman–Crippen LogP) is 2.46. The number of aryl methyl sites for hydroxylation is 1. The lowest BCUT2D eigenvalue weighted by Gasteiger charge is -2.08. The van der Waals surface area contributed by atoms with E-state index in [1.165, 1.54) is 5.56 Å². The van der Waals surface area contributed by atoms with Gasteiger partial charge in [-0.15, -0.1) is 0 Å². The first-order valence-corrected chi connectivity index (χ1v) is 6.31. The normalized spacial score (nSPS) is 10.3. The molecule has 0 aromatic carbocycles. The molecule has 2 heterocycles. The first-order valence-electron chi connectivity index (χ1n) is 6.31. The zero-order valence-corrected chi connectivity index (χ0v) is 10.8. The molecule has 0 aliphatic carbocycles. The van der Waals surface area contributed by atoms with Gasteiger partial charge >= 0.3 is 0 Å². The lowest BCUT2D eigenvalue weighted by atomic mass is 10.2. The Morgan fingerprint density at radius 1 is 1.11 bits per heavy atom. The van der Waals surface area contributed by atoms with Gasteiger partial charge in [0.25, 0.3) is 0 Å². The minimum Gasteiger partial charge on any atom is -0.370 e. The molecule has 0 aliphatic rings. The quantitative estimate of drug-likeness (QED) is 0.875. The average molecular weight is 242 g/mol. The van der Waals surface area contributed by atoms with Crippen molar-refractivity contribution in [3.63, 3.8) is 0 Å². The van der Waals surface area contributed by atoms with E-state index in [1.807, 2.05) is 18.2 Å². The van der Waals surface area contributed by atoms with Gasteiger partial charge in [-0.2, -0.15) is 0 Å². The van der Waals surface area contributed by atoms with Crippen LogP contribution >= 0.6 is 0 Å². The Morgan fingerprint density at radius 3 is 2.56 bits per heavy atom. The molecule has 0 unspecified atom stereocenters. The number of nitrogens with one attached hydrogen (secondary N) is 1. The van der Waals surface area contributed by atoms with Crippen molar-refractivity contribution in [1.82, 2.24) is 15.0 Å². The fourth-order valence-corrected chi connectivity index (χ4v) is 1.77. The summed E-state index contributed by atoms with van der Waals surface area (Å²) in [4.78, 5) is 13.1. The third-order valence-corrected chi connectivity index (χ3v) is 2.66. The van der Waals surface area contributed by atoms with Gasteiger partial charge in [0.1, 0.15) is 11.6 Å². The molecule has 0 fully saturated rings. The Kier molecular flexibility index (Phi) is 4.23. The number of pyridine rings is 1. The largest absolute Gasteiger partial charge is 0.370 e. The summed E-state index contributed by atoms with van der Waals surface area (Å²) in [5.74, 6) is 1.77. The second kappa shape index (κ2) is 6.10. The summed E-state index contributed by atoms with van der Waals surface area (Å²) in [6, 6.07) is 6.00.